The number of likely N-dealkylation sites (N-methyl/N-ethyl adjacent to an activating group) is 1. The maximum atomic E-state index is 11.1. The van der Waals surface area contributed by atoms with Gasteiger partial charge in [0.15, 0.2) is 0 Å². The van der Waals surface area contributed by atoms with Crippen molar-refractivity contribution >= 4 is 17.1 Å². The predicted molar refractivity (Wildman–Crippen MR) is 70.6 cm³/mol. The number of hydrogen-bond acceptors (Lipinski definition) is 8. The molecule has 12 heteroatoms. The number of nitrogens with zero attached hydrogens (tertiary/aromatic N) is 3. The van der Waals surface area contributed by atoms with Gasteiger partial charge < -0.3 is 15.1 Å². The number of nitro groups is 3. The Morgan fingerprint density at radius 3 is 1.59 bits per heavy atom. The summed E-state index contributed by atoms with van der Waals surface area (Å²) in [5.74, 6) is -1.46. The number of aliphatic hydroxyl groups is 1. The van der Waals surface area contributed by atoms with Crippen LogP contribution in [0.25, 0.3) is 0 Å². The quantitative estimate of drug-likeness (QED) is 0.492. The minimum atomic E-state index is -1.46. The van der Waals surface area contributed by atoms with Crippen molar-refractivity contribution in [2.45, 2.75) is 0 Å². The maximum absolute atomic E-state index is 11.1. The maximum Gasteiger partial charge on any atom is 0.283 e. The van der Waals surface area contributed by atoms with Crippen LogP contribution >= 0.6 is 0 Å². The zero-order chi connectivity index (χ0) is 17.4. The van der Waals surface area contributed by atoms with Crippen molar-refractivity contribution in [3.05, 3.63) is 42.5 Å². The molecule has 0 atom stereocenters. The van der Waals surface area contributed by atoms with Gasteiger partial charge in [-0.2, -0.15) is 0 Å². The fourth-order valence-corrected chi connectivity index (χ4v) is 1.18. The third kappa shape index (κ3) is 5.64. The molecule has 0 aromatic heterocycles. The third-order valence-electron chi connectivity index (χ3n) is 2.25. The van der Waals surface area contributed by atoms with Crippen molar-refractivity contribution in [1.29, 1.82) is 0 Å². The largest absolute Gasteiger partial charge is 0.863 e. The Balaban J connectivity index is 0.000000626. The molecule has 0 bridgehead atoms. The number of benzene rings is 1. The van der Waals surface area contributed by atoms with Crippen LogP contribution in [0.15, 0.2) is 12.1 Å². The van der Waals surface area contributed by atoms with E-state index in [1.54, 1.807) is 0 Å². The van der Waals surface area contributed by atoms with Crippen LogP contribution in [-0.2, 0) is 0 Å². The first kappa shape index (κ1) is 19.1. The van der Waals surface area contributed by atoms with E-state index in [1.165, 1.54) is 4.90 Å². The number of hydrogen-bond donors (Lipinski definition) is 2. The van der Waals surface area contributed by atoms with Gasteiger partial charge >= 0.3 is 0 Å². The average Bonchev–Trinajstić information content (AvgIpc) is 2.38. The highest BCUT2D eigenvalue weighted by Crippen LogP contribution is 2.36. The lowest BCUT2D eigenvalue weighted by molar-refractivity contribution is -0.858. The highest BCUT2D eigenvalue weighted by molar-refractivity contribution is 5.63. The molecule has 1 aromatic rings. The summed E-state index contributed by atoms with van der Waals surface area (Å²) in [6.07, 6.45) is 0. The fraction of sp³-hybridized carbons (Fsp3) is 0.400. The van der Waals surface area contributed by atoms with Gasteiger partial charge in [0.2, 0.25) is 0 Å². The molecule has 1 aromatic carbocycles. The topological polar surface area (TPSA) is 177 Å². The van der Waals surface area contributed by atoms with Gasteiger partial charge in [0.05, 0.1) is 53.4 Å². The van der Waals surface area contributed by atoms with Gasteiger partial charge in [-0.25, -0.2) is 0 Å². The summed E-state index contributed by atoms with van der Waals surface area (Å²) >= 11 is 0. The van der Waals surface area contributed by atoms with Crippen molar-refractivity contribution in [1.82, 2.24) is 0 Å². The fourth-order valence-electron chi connectivity index (χ4n) is 1.18. The Labute approximate surface area is 123 Å². The normalized spacial score (nSPS) is 9.82. The molecular weight excluding hydrogens is 304 g/mol. The van der Waals surface area contributed by atoms with E-state index in [-0.39, 0.29) is 0 Å². The average molecular weight is 318 g/mol. The molecule has 122 valence electrons. The van der Waals surface area contributed by atoms with E-state index in [1.807, 2.05) is 14.1 Å². The SMILES string of the molecule is C[NH+](C)CCO.O=[N+]([O-])c1cc([N+](=O)[O-])c([O-])c([N+](=O)[O-])c1. The first-order valence-corrected chi connectivity index (χ1v) is 5.79. The Kier molecular flexibility index (Phi) is 7.34. The van der Waals surface area contributed by atoms with E-state index < -0.39 is 37.6 Å². The summed E-state index contributed by atoms with van der Waals surface area (Å²) in [5.41, 5.74) is -3.26. The highest BCUT2D eigenvalue weighted by atomic mass is 16.6. The van der Waals surface area contributed by atoms with E-state index >= 15 is 0 Å². The van der Waals surface area contributed by atoms with Gasteiger partial charge in [-0.15, -0.1) is 0 Å². The van der Waals surface area contributed by atoms with Crippen LogP contribution in [0.2, 0.25) is 0 Å². The molecule has 12 nitrogen and oxygen atoms in total. The molecule has 0 saturated heterocycles. The van der Waals surface area contributed by atoms with Crippen LogP contribution in [0.1, 0.15) is 0 Å². The van der Waals surface area contributed by atoms with Gasteiger partial charge in [-0.05, 0) is 0 Å². The van der Waals surface area contributed by atoms with E-state index in [0.717, 1.165) is 6.54 Å². The molecule has 22 heavy (non-hydrogen) atoms. The molecule has 2 N–H and O–H groups in total. The van der Waals surface area contributed by atoms with Crippen molar-refractivity contribution in [3.63, 3.8) is 0 Å². The number of nitrogens with one attached hydrogen (secondary N) is 1. The van der Waals surface area contributed by atoms with E-state index in [0.29, 0.717) is 18.7 Å². The molecule has 0 unspecified atom stereocenters. The van der Waals surface area contributed by atoms with E-state index in [9.17, 15) is 35.4 Å². The van der Waals surface area contributed by atoms with Crippen LogP contribution < -0.4 is 10.0 Å². The second-order valence-electron chi connectivity index (χ2n) is 4.27. The number of aliphatic hydroxyl groups excluding tert-OH is 1. The van der Waals surface area contributed by atoms with Crippen LogP contribution in [0.5, 0.6) is 5.75 Å². The van der Waals surface area contributed by atoms with E-state index in [4.69, 9.17) is 5.11 Å². The Morgan fingerprint density at radius 2 is 1.41 bits per heavy atom. The number of rotatable bonds is 5. The van der Waals surface area contributed by atoms with Gasteiger partial charge in [-0.3, -0.25) is 30.3 Å². The molecule has 1 rings (SSSR count). The van der Waals surface area contributed by atoms with E-state index in [2.05, 4.69) is 0 Å². The predicted octanol–water partition coefficient (Wildman–Crippen LogP) is -1.39. The molecule has 0 amide bonds. The zero-order valence-electron chi connectivity index (χ0n) is 11.7. The molecule has 0 aliphatic carbocycles. The molecular formula is C10H14N4O8. The van der Waals surface area contributed by atoms with Crippen LogP contribution in [-0.4, -0.2) is 47.1 Å². The van der Waals surface area contributed by atoms with Gasteiger partial charge in [-0.1, -0.05) is 0 Å². The summed E-state index contributed by atoms with van der Waals surface area (Å²) in [7, 11) is 4.02. The number of quaternary nitrogens is 1. The summed E-state index contributed by atoms with van der Waals surface area (Å²) in [6.45, 7) is 1.14. The lowest BCUT2D eigenvalue weighted by atomic mass is 10.2. The number of nitro benzene ring substituents is 3. The molecule has 0 fully saturated rings. The summed E-state index contributed by atoms with van der Waals surface area (Å²) < 4.78 is 0. The smallest absolute Gasteiger partial charge is 0.283 e. The van der Waals surface area contributed by atoms with Crippen LogP contribution in [0.4, 0.5) is 17.1 Å². The molecule has 0 aliphatic heterocycles. The Morgan fingerprint density at radius 1 is 1.00 bits per heavy atom. The van der Waals surface area contributed by atoms with Crippen molar-refractivity contribution in [2.24, 2.45) is 0 Å². The highest BCUT2D eigenvalue weighted by Gasteiger charge is 2.24. The van der Waals surface area contributed by atoms with Crippen LogP contribution in [0, 0.1) is 30.3 Å². The summed E-state index contributed by atoms with van der Waals surface area (Å²) in [4.78, 5) is 28.8. The molecule has 0 aliphatic rings. The monoisotopic (exact) mass is 318 g/mol. The summed E-state index contributed by atoms with van der Waals surface area (Å²) in [6, 6.07) is 0.769. The Bertz CT molecular complexity index is 539. The van der Waals surface area contributed by atoms with Crippen LogP contribution in [0.3, 0.4) is 0 Å². The second-order valence-corrected chi connectivity index (χ2v) is 4.27. The molecule has 0 radical (unpaired) electrons. The van der Waals surface area contributed by atoms with Gasteiger partial charge in [0, 0.05) is 0 Å². The lowest BCUT2D eigenvalue weighted by Crippen LogP contribution is -3.06. The van der Waals surface area contributed by atoms with Crippen molar-refractivity contribution in [2.75, 3.05) is 27.2 Å². The second kappa shape index (κ2) is 8.43. The van der Waals surface area contributed by atoms with Gasteiger partial charge in [0.25, 0.3) is 17.1 Å². The van der Waals surface area contributed by atoms with Crippen molar-refractivity contribution in [3.8, 4) is 5.75 Å². The van der Waals surface area contributed by atoms with Crippen molar-refractivity contribution < 1.29 is 29.9 Å². The molecule has 0 saturated carbocycles. The Hall–Kier alpha value is -2.86. The zero-order valence-corrected chi connectivity index (χ0v) is 11.7. The third-order valence-corrected chi connectivity index (χ3v) is 2.25. The molecule has 0 spiro atoms. The first-order chi connectivity index (χ1) is 10.1. The lowest BCUT2D eigenvalue weighted by Gasteiger charge is -2.06. The standard InChI is InChI=1S/C6H3N3O7.C4H11NO/c10-6-4(8(13)14)1-3(7(11)12)2-5(6)9(15)16;1-5(2)3-4-6/h1-2,10H;6H,3-4H2,1-2H3. The number of non-ortho nitro benzene ring substituents is 1. The molecule has 0 heterocycles. The summed E-state index contributed by atoms with van der Waals surface area (Å²) in [5, 5.41) is 50.3. The minimum Gasteiger partial charge on any atom is -0.863 e. The van der Waals surface area contributed by atoms with Gasteiger partial charge in [0.1, 0.15) is 6.54 Å². The minimum absolute atomic E-state index is 0.294. The first-order valence-electron chi connectivity index (χ1n) is 5.79.